The van der Waals surface area contributed by atoms with Crippen LogP contribution in [0.4, 0.5) is 5.13 Å². The van der Waals surface area contributed by atoms with Crippen LogP contribution in [0.5, 0.6) is 0 Å². The quantitative estimate of drug-likeness (QED) is 0.460. The van der Waals surface area contributed by atoms with Crippen molar-refractivity contribution in [1.29, 1.82) is 0 Å². The second-order valence-corrected chi connectivity index (χ2v) is 7.60. The van der Waals surface area contributed by atoms with Gasteiger partial charge in [-0.05, 0) is 31.2 Å². The van der Waals surface area contributed by atoms with Crippen LogP contribution in [0.15, 0.2) is 64.5 Å². The minimum atomic E-state index is -0.184. The number of hydrogen-bond donors (Lipinski definition) is 1. The average Bonchev–Trinajstić information content (AvgIpc) is 3.06. The number of anilines is 1. The summed E-state index contributed by atoms with van der Waals surface area (Å²) in [5.74, 6) is -0.184. The molecule has 26 heavy (non-hydrogen) atoms. The molecule has 0 unspecified atom stereocenters. The molecule has 0 radical (unpaired) electrons. The van der Waals surface area contributed by atoms with Gasteiger partial charge >= 0.3 is 0 Å². The fourth-order valence-corrected chi connectivity index (χ4v) is 3.66. The highest BCUT2D eigenvalue weighted by atomic mass is 79.9. The number of benzene rings is 2. The van der Waals surface area contributed by atoms with Crippen LogP contribution in [0.1, 0.15) is 16.1 Å². The normalized spacial score (nSPS) is 10.8. The highest BCUT2D eigenvalue weighted by Crippen LogP contribution is 2.27. The molecule has 0 aliphatic carbocycles. The van der Waals surface area contributed by atoms with E-state index < -0.39 is 0 Å². The number of nitrogens with one attached hydrogen (secondary N) is 1. The molecule has 6 heteroatoms. The first kappa shape index (κ1) is 16.9. The van der Waals surface area contributed by atoms with Crippen molar-refractivity contribution < 1.29 is 4.79 Å². The van der Waals surface area contributed by atoms with Crippen molar-refractivity contribution in [3.8, 4) is 11.3 Å². The van der Waals surface area contributed by atoms with E-state index in [-0.39, 0.29) is 5.91 Å². The number of amides is 1. The molecule has 0 spiro atoms. The maximum absolute atomic E-state index is 12.9. The third kappa shape index (κ3) is 3.38. The number of thiazole rings is 1. The number of fused-ring (bicyclic) bond motifs is 1. The van der Waals surface area contributed by atoms with Gasteiger partial charge in [-0.2, -0.15) is 0 Å². The highest BCUT2D eigenvalue weighted by molar-refractivity contribution is 9.10. The molecule has 128 valence electrons. The number of pyridine rings is 1. The standard InChI is InChI=1S/C20H14BrN3OS/c1-12-11-26-20(22-12)24-19(25)16-10-18(13-6-8-14(21)9-7-13)23-17-5-3-2-4-15(16)17/h2-11H,1H3,(H,22,24,25). The number of nitrogens with zero attached hydrogens (tertiary/aromatic N) is 2. The molecule has 0 bridgehead atoms. The van der Waals surface area contributed by atoms with E-state index in [0.29, 0.717) is 10.7 Å². The van der Waals surface area contributed by atoms with E-state index in [0.717, 1.165) is 32.3 Å². The minimum absolute atomic E-state index is 0.184. The predicted octanol–water partition coefficient (Wildman–Crippen LogP) is 5.68. The molecule has 0 aliphatic heterocycles. The monoisotopic (exact) mass is 423 g/mol. The number of rotatable bonds is 3. The summed E-state index contributed by atoms with van der Waals surface area (Å²) in [7, 11) is 0. The Balaban J connectivity index is 1.81. The minimum Gasteiger partial charge on any atom is -0.298 e. The number of para-hydroxylation sites is 1. The summed E-state index contributed by atoms with van der Waals surface area (Å²) in [5.41, 5.74) is 3.98. The first-order valence-electron chi connectivity index (χ1n) is 7.99. The van der Waals surface area contributed by atoms with Gasteiger partial charge in [-0.15, -0.1) is 11.3 Å². The van der Waals surface area contributed by atoms with E-state index in [1.54, 1.807) is 0 Å². The lowest BCUT2D eigenvalue weighted by molar-refractivity contribution is 0.102. The Hall–Kier alpha value is -2.57. The summed E-state index contributed by atoms with van der Waals surface area (Å²) in [4.78, 5) is 21.9. The van der Waals surface area contributed by atoms with Crippen LogP contribution >= 0.6 is 27.3 Å². The lowest BCUT2D eigenvalue weighted by atomic mass is 10.0. The Labute approximate surface area is 163 Å². The van der Waals surface area contributed by atoms with E-state index in [9.17, 15) is 4.79 Å². The second-order valence-electron chi connectivity index (χ2n) is 5.83. The van der Waals surface area contributed by atoms with Crippen LogP contribution in [0.2, 0.25) is 0 Å². The zero-order valence-corrected chi connectivity index (χ0v) is 16.3. The van der Waals surface area contributed by atoms with Gasteiger partial charge < -0.3 is 0 Å². The number of aryl methyl sites for hydroxylation is 1. The number of hydrogen-bond acceptors (Lipinski definition) is 4. The Kier molecular flexibility index (Phi) is 4.53. The van der Waals surface area contributed by atoms with Gasteiger partial charge in [0.1, 0.15) is 0 Å². The maximum Gasteiger partial charge on any atom is 0.258 e. The Morgan fingerprint density at radius 3 is 2.58 bits per heavy atom. The van der Waals surface area contributed by atoms with Gasteiger partial charge in [-0.3, -0.25) is 10.1 Å². The van der Waals surface area contributed by atoms with E-state index in [4.69, 9.17) is 4.98 Å². The van der Waals surface area contributed by atoms with Gasteiger partial charge in [0.25, 0.3) is 5.91 Å². The molecule has 0 fully saturated rings. The summed E-state index contributed by atoms with van der Waals surface area (Å²) in [5, 5.41) is 6.22. The van der Waals surface area contributed by atoms with Gasteiger partial charge in [0.05, 0.1) is 22.5 Å². The van der Waals surface area contributed by atoms with E-state index in [1.165, 1.54) is 11.3 Å². The summed E-state index contributed by atoms with van der Waals surface area (Å²) in [6, 6.07) is 17.4. The van der Waals surface area contributed by atoms with Crippen molar-refractivity contribution in [1.82, 2.24) is 9.97 Å². The first-order valence-corrected chi connectivity index (χ1v) is 9.66. The van der Waals surface area contributed by atoms with Crippen molar-refractivity contribution in [3.63, 3.8) is 0 Å². The third-order valence-electron chi connectivity index (χ3n) is 3.94. The smallest absolute Gasteiger partial charge is 0.258 e. The molecular formula is C20H14BrN3OS. The largest absolute Gasteiger partial charge is 0.298 e. The van der Waals surface area contributed by atoms with Crippen LogP contribution in [0.25, 0.3) is 22.2 Å². The highest BCUT2D eigenvalue weighted by Gasteiger charge is 2.15. The number of carbonyl (C=O) groups is 1. The lowest BCUT2D eigenvalue weighted by Gasteiger charge is -2.10. The van der Waals surface area contributed by atoms with Crippen molar-refractivity contribution in [2.24, 2.45) is 0 Å². The van der Waals surface area contributed by atoms with Crippen molar-refractivity contribution in [2.45, 2.75) is 6.92 Å². The van der Waals surface area contributed by atoms with Gasteiger partial charge in [0.15, 0.2) is 5.13 Å². The summed E-state index contributed by atoms with van der Waals surface area (Å²) in [6.45, 7) is 1.90. The van der Waals surface area contributed by atoms with Crippen LogP contribution < -0.4 is 5.32 Å². The SMILES string of the molecule is Cc1csc(NC(=O)c2cc(-c3ccc(Br)cc3)nc3ccccc23)n1. The molecule has 4 rings (SSSR count). The molecule has 1 amide bonds. The molecule has 0 saturated carbocycles. The van der Waals surface area contributed by atoms with Gasteiger partial charge in [-0.1, -0.05) is 46.3 Å². The second kappa shape index (κ2) is 6.97. The Morgan fingerprint density at radius 1 is 1.08 bits per heavy atom. The van der Waals surface area contributed by atoms with Crippen LogP contribution in [0, 0.1) is 6.92 Å². The predicted molar refractivity (Wildman–Crippen MR) is 110 cm³/mol. The Morgan fingerprint density at radius 2 is 1.85 bits per heavy atom. The molecule has 2 heterocycles. The zero-order chi connectivity index (χ0) is 18.1. The zero-order valence-electron chi connectivity index (χ0n) is 13.9. The molecule has 2 aromatic carbocycles. The summed E-state index contributed by atoms with van der Waals surface area (Å²) < 4.78 is 0.999. The number of aromatic nitrogens is 2. The molecule has 4 aromatic rings. The molecule has 4 nitrogen and oxygen atoms in total. The first-order chi connectivity index (χ1) is 12.6. The third-order valence-corrected chi connectivity index (χ3v) is 5.34. The van der Waals surface area contributed by atoms with E-state index >= 15 is 0 Å². The fourth-order valence-electron chi connectivity index (χ4n) is 2.71. The molecule has 0 saturated heterocycles. The molecule has 1 N–H and O–H groups in total. The molecule has 0 aliphatic rings. The van der Waals surface area contributed by atoms with Crippen molar-refractivity contribution in [3.05, 3.63) is 75.7 Å². The van der Waals surface area contributed by atoms with Crippen molar-refractivity contribution >= 4 is 49.2 Å². The average molecular weight is 424 g/mol. The van der Waals surface area contributed by atoms with E-state index in [2.05, 4.69) is 26.2 Å². The number of carbonyl (C=O) groups excluding carboxylic acids is 1. The fraction of sp³-hybridized carbons (Fsp3) is 0.0500. The topological polar surface area (TPSA) is 54.9 Å². The van der Waals surface area contributed by atoms with Crippen LogP contribution in [-0.4, -0.2) is 15.9 Å². The van der Waals surface area contributed by atoms with Gasteiger partial charge in [0.2, 0.25) is 0 Å². The van der Waals surface area contributed by atoms with Crippen LogP contribution in [-0.2, 0) is 0 Å². The molecule has 0 atom stereocenters. The molecule has 2 aromatic heterocycles. The Bertz CT molecular complexity index is 1110. The summed E-state index contributed by atoms with van der Waals surface area (Å²) >= 11 is 4.86. The van der Waals surface area contributed by atoms with Crippen LogP contribution in [0.3, 0.4) is 0 Å². The van der Waals surface area contributed by atoms with Gasteiger partial charge in [0, 0.05) is 20.8 Å². The van der Waals surface area contributed by atoms with Gasteiger partial charge in [-0.25, -0.2) is 9.97 Å². The van der Waals surface area contributed by atoms with E-state index in [1.807, 2.05) is 66.9 Å². The molecular weight excluding hydrogens is 410 g/mol. The number of halogens is 1. The lowest BCUT2D eigenvalue weighted by Crippen LogP contribution is -2.13. The van der Waals surface area contributed by atoms with Crippen molar-refractivity contribution in [2.75, 3.05) is 5.32 Å². The maximum atomic E-state index is 12.9. The summed E-state index contributed by atoms with van der Waals surface area (Å²) in [6.07, 6.45) is 0.